The first kappa shape index (κ1) is 12.8. The van der Waals surface area contributed by atoms with Crippen LogP contribution in [0.3, 0.4) is 0 Å². The van der Waals surface area contributed by atoms with Crippen LogP contribution in [0.1, 0.15) is 21.5 Å². The highest BCUT2D eigenvalue weighted by atomic mass is 79.9. The highest BCUT2D eigenvalue weighted by Gasteiger charge is 2.11. The number of hydrogen-bond acceptors (Lipinski definition) is 3. The lowest BCUT2D eigenvalue weighted by Gasteiger charge is -2.05. The third-order valence-corrected chi connectivity index (χ3v) is 2.97. The Kier molecular flexibility index (Phi) is 3.77. The van der Waals surface area contributed by atoms with Gasteiger partial charge < -0.3 is 4.74 Å². The van der Waals surface area contributed by atoms with Crippen molar-refractivity contribution in [2.45, 2.75) is 6.92 Å². The van der Waals surface area contributed by atoms with Crippen LogP contribution in [0, 0.1) is 6.92 Å². The zero-order chi connectivity index (χ0) is 13.1. The molecule has 0 atom stereocenters. The van der Waals surface area contributed by atoms with Crippen LogP contribution >= 0.6 is 15.9 Å². The molecule has 0 unspecified atom stereocenters. The van der Waals surface area contributed by atoms with Crippen molar-refractivity contribution in [3.8, 4) is 5.75 Å². The smallest absolute Gasteiger partial charge is 0.194 e. The van der Waals surface area contributed by atoms with Gasteiger partial charge in [0, 0.05) is 21.8 Å². The van der Waals surface area contributed by atoms with Gasteiger partial charge in [-0.15, -0.1) is 0 Å². The van der Waals surface area contributed by atoms with Crippen molar-refractivity contribution in [2.75, 3.05) is 7.11 Å². The summed E-state index contributed by atoms with van der Waals surface area (Å²) in [6.45, 7) is 1.95. The fourth-order valence-corrected chi connectivity index (χ4v) is 2.30. The second-order valence-corrected chi connectivity index (χ2v) is 4.88. The zero-order valence-corrected chi connectivity index (χ0v) is 11.7. The maximum atomic E-state index is 12.3. The largest absolute Gasteiger partial charge is 0.495 e. The lowest BCUT2D eigenvalue weighted by Crippen LogP contribution is -2.03. The van der Waals surface area contributed by atoms with Crippen LogP contribution < -0.4 is 4.74 Å². The van der Waals surface area contributed by atoms with E-state index in [1.165, 1.54) is 0 Å². The van der Waals surface area contributed by atoms with E-state index in [0.717, 1.165) is 10.0 Å². The van der Waals surface area contributed by atoms with Gasteiger partial charge in [-0.05, 0) is 36.8 Å². The van der Waals surface area contributed by atoms with E-state index in [2.05, 4.69) is 20.9 Å². The van der Waals surface area contributed by atoms with Crippen molar-refractivity contribution < 1.29 is 9.53 Å². The molecule has 0 aliphatic rings. The summed E-state index contributed by atoms with van der Waals surface area (Å²) >= 11 is 3.39. The van der Waals surface area contributed by atoms with Gasteiger partial charge >= 0.3 is 0 Å². The molecule has 2 rings (SSSR count). The normalized spacial score (nSPS) is 10.2. The molecule has 0 aliphatic carbocycles. The predicted molar refractivity (Wildman–Crippen MR) is 73.1 cm³/mol. The van der Waals surface area contributed by atoms with Gasteiger partial charge in [0.15, 0.2) is 5.78 Å². The molecule has 0 bridgehead atoms. The van der Waals surface area contributed by atoms with E-state index < -0.39 is 0 Å². The molecule has 0 spiro atoms. The zero-order valence-electron chi connectivity index (χ0n) is 10.1. The molecular weight excluding hydrogens is 294 g/mol. The van der Waals surface area contributed by atoms with E-state index in [0.29, 0.717) is 16.9 Å². The molecule has 3 nitrogen and oxygen atoms in total. The summed E-state index contributed by atoms with van der Waals surface area (Å²) in [4.78, 5) is 16.3. The number of aromatic nitrogens is 1. The summed E-state index contributed by atoms with van der Waals surface area (Å²) < 4.78 is 5.95. The highest BCUT2D eigenvalue weighted by molar-refractivity contribution is 9.10. The SMILES string of the molecule is COc1cncc(C(=O)c2cc(C)cc(Br)c2)c1. The van der Waals surface area contributed by atoms with Crippen LogP contribution in [0.15, 0.2) is 41.1 Å². The van der Waals surface area contributed by atoms with Crippen LogP contribution in [-0.4, -0.2) is 17.9 Å². The van der Waals surface area contributed by atoms with Gasteiger partial charge in [0.1, 0.15) is 5.75 Å². The Morgan fingerprint density at radius 1 is 1.17 bits per heavy atom. The molecule has 0 aliphatic heterocycles. The van der Waals surface area contributed by atoms with E-state index in [9.17, 15) is 4.79 Å². The lowest BCUT2D eigenvalue weighted by molar-refractivity contribution is 0.103. The summed E-state index contributed by atoms with van der Waals surface area (Å²) in [7, 11) is 1.55. The van der Waals surface area contributed by atoms with Crippen LogP contribution in [0.25, 0.3) is 0 Å². The van der Waals surface area contributed by atoms with Gasteiger partial charge in [0.05, 0.1) is 13.3 Å². The van der Waals surface area contributed by atoms with Crippen LogP contribution in [0.2, 0.25) is 0 Å². The number of rotatable bonds is 3. The number of ketones is 1. The van der Waals surface area contributed by atoms with E-state index in [-0.39, 0.29) is 5.78 Å². The minimum atomic E-state index is -0.0641. The monoisotopic (exact) mass is 305 g/mol. The number of halogens is 1. The van der Waals surface area contributed by atoms with Crippen molar-refractivity contribution in [3.63, 3.8) is 0 Å². The van der Waals surface area contributed by atoms with Crippen molar-refractivity contribution >= 4 is 21.7 Å². The molecular formula is C14H12BrNO2. The molecule has 0 fully saturated rings. The van der Waals surface area contributed by atoms with Gasteiger partial charge in [-0.1, -0.05) is 15.9 Å². The maximum absolute atomic E-state index is 12.3. The Morgan fingerprint density at radius 2 is 1.94 bits per heavy atom. The first-order valence-corrected chi connectivity index (χ1v) is 6.20. The van der Waals surface area contributed by atoms with Gasteiger partial charge in [-0.2, -0.15) is 0 Å². The number of nitrogens with zero attached hydrogens (tertiary/aromatic N) is 1. The lowest BCUT2D eigenvalue weighted by atomic mass is 10.0. The molecule has 18 heavy (non-hydrogen) atoms. The third-order valence-electron chi connectivity index (χ3n) is 2.52. The van der Waals surface area contributed by atoms with Gasteiger partial charge in [0.2, 0.25) is 0 Å². The molecule has 0 radical (unpaired) electrons. The van der Waals surface area contributed by atoms with E-state index in [1.54, 1.807) is 31.6 Å². The van der Waals surface area contributed by atoms with E-state index in [1.807, 2.05) is 19.1 Å². The average Bonchev–Trinajstić information content (AvgIpc) is 2.37. The Bertz CT molecular complexity index is 576. The summed E-state index contributed by atoms with van der Waals surface area (Å²) in [6.07, 6.45) is 3.12. The first-order chi connectivity index (χ1) is 8.60. The van der Waals surface area contributed by atoms with Crippen LogP contribution in [0.5, 0.6) is 5.75 Å². The number of ether oxygens (including phenoxy) is 1. The molecule has 1 aromatic carbocycles. The van der Waals surface area contributed by atoms with Crippen LogP contribution in [0.4, 0.5) is 0 Å². The third kappa shape index (κ3) is 2.76. The first-order valence-electron chi connectivity index (χ1n) is 5.41. The second-order valence-electron chi connectivity index (χ2n) is 3.96. The molecule has 0 saturated heterocycles. The molecule has 1 heterocycles. The molecule has 0 saturated carbocycles. The molecule has 92 valence electrons. The number of carbonyl (C=O) groups excluding carboxylic acids is 1. The number of aryl methyl sites for hydroxylation is 1. The van der Waals surface area contributed by atoms with Gasteiger partial charge in [-0.3, -0.25) is 9.78 Å². The average molecular weight is 306 g/mol. The fourth-order valence-electron chi connectivity index (χ4n) is 1.69. The van der Waals surface area contributed by atoms with Crippen molar-refractivity contribution in [1.29, 1.82) is 0 Å². The fraction of sp³-hybridized carbons (Fsp3) is 0.143. The van der Waals surface area contributed by atoms with Gasteiger partial charge in [-0.25, -0.2) is 0 Å². The minimum Gasteiger partial charge on any atom is -0.495 e. The molecule has 1 aromatic heterocycles. The number of carbonyl (C=O) groups is 1. The Balaban J connectivity index is 2.41. The number of methoxy groups -OCH3 is 1. The summed E-state index contributed by atoms with van der Waals surface area (Å²) in [5.41, 5.74) is 2.19. The molecule has 0 N–H and O–H groups in total. The van der Waals surface area contributed by atoms with Crippen molar-refractivity contribution in [2.24, 2.45) is 0 Å². The van der Waals surface area contributed by atoms with Crippen molar-refractivity contribution in [3.05, 3.63) is 57.8 Å². The topological polar surface area (TPSA) is 39.2 Å². The quantitative estimate of drug-likeness (QED) is 0.816. The number of benzene rings is 1. The molecule has 4 heteroatoms. The minimum absolute atomic E-state index is 0.0641. The predicted octanol–water partition coefficient (Wildman–Crippen LogP) is 3.39. The Morgan fingerprint density at radius 3 is 2.61 bits per heavy atom. The summed E-state index contributed by atoms with van der Waals surface area (Å²) in [5, 5.41) is 0. The molecule has 0 amide bonds. The highest BCUT2D eigenvalue weighted by Crippen LogP contribution is 2.19. The summed E-state index contributed by atoms with van der Waals surface area (Å²) in [6, 6.07) is 7.30. The number of pyridine rings is 1. The maximum Gasteiger partial charge on any atom is 0.194 e. The van der Waals surface area contributed by atoms with E-state index >= 15 is 0 Å². The molecule has 2 aromatic rings. The van der Waals surface area contributed by atoms with Gasteiger partial charge in [0.25, 0.3) is 0 Å². The summed E-state index contributed by atoms with van der Waals surface area (Å²) in [5.74, 6) is 0.512. The second kappa shape index (κ2) is 5.31. The van der Waals surface area contributed by atoms with E-state index in [4.69, 9.17) is 4.74 Å². The Hall–Kier alpha value is -1.68. The standard InChI is InChI=1S/C14H12BrNO2/c1-9-3-10(5-12(15)4-9)14(17)11-6-13(18-2)8-16-7-11/h3-8H,1-2H3. The number of hydrogen-bond donors (Lipinski definition) is 0. The Labute approximate surface area is 114 Å². The van der Waals surface area contributed by atoms with Crippen molar-refractivity contribution in [1.82, 2.24) is 4.98 Å². The van der Waals surface area contributed by atoms with Crippen LogP contribution in [-0.2, 0) is 0 Å².